The van der Waals surface area contributed by atoms with E-state index < -0.39 is 5.97 Å². The van der Waals surface area contributed by atoms with Gasteiger partial charge in [0, 0.05) is 10.6 Å². The zero-order valence-electron chi connectivity index (χ0n) is 9.94. The van der Waals surface area contributed by atoms with E-state index in [2.05, 4.69) is 10.1 Å². The fourth-order valence-corrected chi connectivity index (χ4v) is 1.53. The zero-order valence-corrected chi connectivity index (χ0v) is 10.7. The van der Waals surface area contributed by atoms with E-state index in [0.717, 1.165) is 5.56 Å². The number of hydrogen-bond acceptors (Lipinski definition) is 5. The number of halogens is 1. The third-order valence-electron chi connectivity index (χ3n) is 2.30. The van der Waals surface area contributed by atoms with Crippen molar-refractivity contribution in [2.75, 3.05) is 6.61 Å². The maximum absolute atomic E-state index is 11.4. The molecule has 0 atom stereocenters. The van der Waals surface area contributed by atoms with Gasteiger partial charge in [0.05, 0.1) is 6.61 Å². The Labute approximate surface area is 109 Å². The van der Waals surface area contributed by atoms with Crippen LogP contribution < -0.4 is 0 Å². The summed E-state index contributed by atoms with van der Waals surface area (Å²) in [6, 6.07) is 5.34. The van der Waals surface area contributed by atoms with Gasteiger partial charge < -0.3 is 9.26 Å². The SMILES string of the molecule is CCOC(=O)c1noc(-c2ccc(C)c(Cl)c2)n1. The van der Waals surface area contributed by atoms with Gasteiger partial charge in [0.25, 0.3) is 11.7 Å². The molecule has 0 bridgehead atoms. The summed E-state index contributed by atoms with van der Waals surface area (Å²) < 4.78 is 9.76. The summed E-state index contributed by atoms with van der Waals surface area (Å²) in [5, 5.41) is 4.16. The van der Waals surface area contributed by atoms with E-state index in [1.54, 1.807) is 19.1 Å². The summed E-state index contributed by atoms with van der Waals surface area (Å²) in [7, 11) is 0. The first-order chi connectivity index (χ1) is 8.61. The lowest BCUT2D eigenvalue weighted by molar-refractivity contribution is 0.0508. The van der Waals surface area contributed by atoms with E-state index in [-0.39, 0.29) is 18.3 Å². The van der Waals surface area contributed by atoms with Crippen LogP contribution in [-0.2, 0) is 4.74 Å². The predicted molar refractivity (Wildman–Crippen MR) is 65.4 cm³/mol. The van der Waals surface area contributed by atoms with Crippen LogP contribution in [0.1, 0.15) is 23.1 Å². The highest BCUT2D eigenvalue weighted by molar-refractivity contribution is 6.31. The van der Waals surface area contributed by atoms with Crippen molar-refractivity contribution in [1.29, 1.82) is 0 Å². The molecule has 2 aromatic rings. The lowest BCUT2D eigenvalue weighted by Gasteiger charge is -1.98. The van der Waals surface area contributed by atoms with Crippen LogP contribution in [0.15, 0.2) is 22.7 Å². The summed E-state index contributed by atoms with van der Waals surface area (Å²) in [6.45, 7) is 3.86. The average molecular weight is 267 g/mol. The van der Waals surface area contributed by atoms with E-state index in [1.807, 2.05) is 13.0 Å². The first-order valence-corrected chi connectivity index (χ1v) is 5.77. The van der Waals surface area contributed by atoms with Crippen LogP contribution in [0.25, 0.3) is 11.5 Å². The second kappa shape index (κ2) is 5.18. The number of nitrogens with zero attached hydrogens (tertiary/aromatic N) is 2. The number of ether oxygens (including phenoxy) is 1. The number of carbonyl (C=O) groups excluding carboxylic acids is 1. The molecule has 5 nitrogen and oxygen atoms in total. The fraction of sp³-hybridized carbons (Fsp3) is 0.250. The third kappa shape index (κ3) is 2.51. The maximum atomic E-state index is 11.4. The van der Waals surface area contributed by atoms with Crippen molar-refractivity contribution >= 4 is 17.6 Å². The van der Waals surface area contributed by atoms with Gasteiger partial charge in [-0.25, -0.2) is 4.79 Å². The smallest absolute Gasteiger partial charge is 0.379 e. The standard InChI is InChI=1S/C12H11ClN2O3/c1-3-17-12(16)10-14-11(18-15-10)8-5-4-7(2)9(13)6-8/h4-6H,3H2,1-2H3. The molecule has 0 aliphatic carbocycles. The molecule has 0 spiro atoms. The minimum atomic E-state index is -0.606. The number of carbonyl (C=O) groups is 1. The van der Waals surface area contributed by atoms with E-state index >= 15 is 0 Å². The van der Waals surface area contributed by atoms with Gasteiger partial charge in [-0.3, -0.25) is 0 Å². The third-order valence-corrected chi connectivity index (χ3v) is 2.71. The van der Waals surface area contributed by atoms with Crippen LogP contribution in [-0.4, -0.2) is 22.7 Å². The second-order valence-electron chi connectivity index (χ2n) is 3.61. The number of aryl methyl sites for hydroxylation is 1. The van der Waals surface area contributed by atoms with E-state index in [1.165, 1.54) is 0 Å². The van der Waals surface area contributed by atoms with Gasteiger partial charge >= 0.3 is 5.97 Å². The van der Waals surface area contributed by atoms with Crippen LogP contribution in [0.3, 0.4) is 0 Å². The highest BCUT2D eigenvalue weighted by Crippen LogP contribution is 2.24. The van der Waals surface area contributed by atoms with Crippen molar-refractivity contribution in [2.45, 2.75) is 13.8 Å². The topological polar surface area (TPSA) is 65.2 Å². The molecule has 0 N–H and O–H groups in total. The normalized spacial score (nSPS) is 10.4. The van der Waals surface area contributed by atoms with Crippen LogP contribution >= 0.6 is 11.6 Å². The van der Waals surface area contributed by atoms with Gasteiger partial charge in [-0.05, 0) is 36.7 Å². The first-order valence-electron chi connectivity index (χ1n) is 5.39. The molecule has 0 amide bonds. The molecule has 2 rings (SSSR count). The van der Waals surface area contributed by atoms with Crippen LogP contribution in [0.2, 0.25) is 5.02 Å². The maximum Gasteiger partial charge on any atom is 0.379 e. The summed E-state index contributed by atoms with van der Waals surface area (Å²) >= 11 is 6.00. The van der Waals surface area contributed by atoms with Gasteiger partial charge in [-0.1, -0.05) is 17.7 Å². The lowest BCUT2D eigenvalue weighted by atomic mass is 10.1. The molecular formula is C12H11ClN2O3. The number of hydrogen-bond donors (Lipinski definition) is 0. The summed E-state index contributed by atoms with van der Waals surface area (Å²) in [6.07, 6.45) is 0. The van der Waals surface area contributed by atoms with Gasteiger partial charge in [-0.15, -0.1) is 0 Å². The van der Waals surface area contributed by atoms with E-state index in [4.69, 9.17) is 20.9 Å². The Morgan fingerprint density at radius 3 is 2.94 bits per heavy atom. The largest absolute Gasteiger partial charge is 0.460 e. The Bertz CT molecular complexity index is 580. The Balaban J connectivity index is 2.29. The van der Waals surface area contributed by atoms with Crippen LogP contribution in [0, 0.1) is 6.92 Å². The highest BCUT2D eigenvalue weighted by Gasteiger charge is 2.16. The molecule has 18 heavy (non-hydrogen) atoms. The molecule has 6 heteroatoms. The van der Waals surface area contributed by atoms with Gasteiger partial charge in [0.2, 0.25) is 0 Å². The molecule has 0 radical (unpaired) electrons. The van der Waals surface area contributed by atoms with E-state index in [9.17, 15) is 4.79 Å². The molecular weight excluding hydrogens is 256 g/mol. The summed E-state index contributed by atoms with van der Waals surface area (Å²) in [5.41, 5.74) is 1.61. The van der Waals surface area contributed by atoms with Crippen LogP contribution in [0.4, 0.5) is 0 Å². The minimum Gasteiger partial charge on any atom is -0.460 e. The van der Waals surface area contributed by atoms with Crippen molar-refractivity contribution in [2.24, 2.45) is 0 Å². The lowest BCUT2D eigenvalue weighted by Crippen LogP contribution is -2.06. The molecule has 0 saturated heterocycles. The Kier molecular flexibility index (Phi) is 3.62. The van der Waals surface area contributed by atoms with Gasteiger partial charge in [0.1, 0.15) is 0 Å². The molecule has 1 aromatic heterocycles. The molecule has 0 unspecified atom stereocenters. The van der Waals surface area contributed by atoms with Crippen LogP contribution in [0.5, 0.6) is 0 Å². The molecule has 94 valence electrons. The summed E-state index contributed by atoms with van der Waals surface area (Å²) in [4.78, 5) is 15.3. The first kappa shape index (κ1) is 12.6. The average Bonchev–Trinajstić information content (AvgIpc) is 2.82. The van der Waals surface area contributed by atoms with Crippen molar-refractivity contribution in [3.05, 3.63) is 34.6 Å². The van der Waals surface area contributed by atoms with Crippen molar-refractivity contribution < 1.29 is 14.1 Å². The molecule has 0 aliphatic rings. The van der Waals surface area contributed by atoms with Gasteiger partial charge in [0.15, 0.2) is 0 Å². The Morgan fingerprint density at radius 1 is 1.50 bits per heavy atom. The number of aromatic nitrogens is 2. The van der Waals surface area contributed by atoms with Crippen molar-refractivity contribution in [1.82, 2.24) is 10.1 Å². The highest BCUT2D eigenvalue weighted by atomic mass is 35.5. The molecule has 1 heterocycles. The Hall–Kier alpha value is -1.88. The minimum absolute atomic E-state index is 0.0939. The van der Waals surface area contributed by atoms with Crippen molar-refractivity contribution in [3.63, 3.8) is 0 Å². The van der Waals surface area contributed by atoms with E-state index in [0.29, 0.717) is 10.6 Å². The molecule has 1 aromatic carbocycles. The number of rotatable bonds is 3. The monoisotopic (exact) mass is 266 g/mol. The molecule has 0 fully saturated rings. The Morgan fingerprint density at radius 2 is 2.28 bits per heavy atom. The number of esters is 1. The fourth-order valence-electron chi connectivity index (χ4n) is 1.35. The second-order valence-corrected chi connectivity index (χ2v) is 4.01. The quantitative estimate of drug-likeness (QED) is 0.799. The predicted octanol–water partition coefficient (Wildman–Crippen LogP) is 2.88. The summed E-state index contributed by atoms with van der Waals surface area (Å²) in [5.74, 6) is -0.464. The molecule has 0 aliphatic heterocycles. The molecule has 0 saturated carbocycles. The number of benzene rings is 1. The van der Waals surface area contributed by atoms with Crippen molar-refractivity contribution in [3.8, 4) is 11.5 Å². The zero-order chi connectivity index (χ0) is 13.1. The van der Waals surface area contributed by atoms with Gasteiger partial charge in [-0.2, -0.15) is 4.98 Å².